The Kier molecular flexibility index (Phi) is 7.53. The Bertz CT molecular complexity index is 3130. The van der Waals surface area contributed by atoms with Gasteiger partial charge in [-0.2, -0.15) is 0 Å². The second-order valence-electron chi connectivity index (χ2n) is 14.4. The molecule has 10 aromatic rings. The van der Waals surface area contributed by atoms with E-state index in [1.165, 1.54) is 80.7 Å². The van der Waals surface area contributed by atoms with Gasteiger partial charge < -0.3 is 9.47 Å². The molecule has 1 unspecified atom stereocenters. The molecule has 0 amide bonds. The van der Waals surface area contributed by atoms with Gasteiger partial charge in [0.2, 0.25) is 0 Å². The lowest BCUT2D eigenvalue weighted by Crippen LogP contribution is -2.10. The molecule has 0 spiro atoms. The molecule has 0 saturated heterocycles. The number of rotatable bonds is 6. The predicted octanol–water partition coefficient (Wildman–Crippen LogP) is 15.2. The highest BCUT2D eigenvalue weighted by molar-refractivity contribution is 7.26. The third kappa shape index (κ3) is 5.23. The van der Waals surface area contributed by atoms with E-state index in [0.29, 0.717) is 0 Å². The summed E-state index contributed by atoms with van der Waals surface area (Å²) in [6.07, 6.45) is 9.93. The smallest absolute Gasteiger partial charge is 0.0640 e. The maximum Gasteiger partial charge on any atom is 0.0640 e. The van der Waals surface area contributed by atoms with E-state index in [0.717, 1.165) is 17.8 Å². The minimum absolute atomic E-state index is 0.280. The first-order valence-electron chi connectivity index (χ1n) is 19.0. The van der Waals surface area contributed by atoms with E-state index in [9.17, 15) is 0 Å². The number of benzene rings is 8. The molecule has 2 aromatic heterocycles. The van der Waals surface area contributed by atoms with Crippen LogP contribution in [0.25, 0.3) is 75.0 Å². The summed E-state index contributed by atoms with van der Waals surface area (Å²) < 4.78 is 5.12. The van der Waals surface area contributed by atoms with Crippen LogP contribution in [0.5, 0.6) is 0 Å². The van der Waals surface area contributed by atoms with Crippen LogP contribution in [0.4, 0.5) is 17.1 Å². The first-order chi connectivity index (χ1) is 27.3. The third-order valence-corrected chi connectivity index (χ3v) is 12.5. The molecule has 2 nitrogen and oxygen atoms in total. The fourth-order valence-corrected chi connectivity index (χ4v) is 10.0. The Hall–Kier alpha value is -6.68. The van der Waals surface area contributed by atoms with Crippen LogP contribution in [-0.4, -0.2) is 4.57 Å². The highest BCUT2D eigenvalue weighted by Crippen LogP contribution is 2.48. The number of aromatic nitrogens is 1. The first-order valence-corrected chi connectivity index (χ1v) is 19.9. The summed E-state index contributed by atoms with van der Waals surface area (Å²) in [6, 6.07) is 65.0. The lowest BCUT2D eigenvalue weighted by atomic mass is 9.94. The second kappa shape index (κ2) is 13.0. The van der Waals surface area contributed by atoms with Gasteiger partial charge in [0.25, 0.3) is 0 Å². The minimum atomic E-state index is 0.280. The van der Waals surface area contributed by atoms with Crippen molar-refractivity contribution >= 4 is 81.1 Å². The molecule has 1 aliphatic rings. The van der Waals surface area contributed by atoms with Crippen LogP contribution in [0, 0.1) is 0 Å². The largest absolute Gasteiger partial charge is 0.333 e. The number of anilines is 3. The SMILES string of the molecule is C1=CCC(n2c3ccccc3c3cc(N(c4ccc(-c5ccccc5-c5ccccc5)cc4)c4cccc5c4sc4ccc6ccccc6c45)ccc32)C=C1. The molecule has 11 rings (SSSR count). The van der Waals surface area contributed by atoms with E-state index in [1.807, 2.05) is 11.3 Å². The van der Waals surface area contributed by atoms with Gasteiger partial charge in [0.1, 0.15) is 0 Å². The van der Waals surface area contributed by atoms with Gasteiger partial charge in [-0.25, -0.2) is 0 Å². The van der Waals surface area contributed by atoms with Crippen LogP contribution in [0.3, 0.4) is 0 Å². The van der Waals surface area contributed by atoms with Crippen molar-refractivity contribution in [1.29, 1.82) is 0 Å². The molecular formula is C52H36N2S. The number of thiophene rings is 1. The first kappa shape index (κ1) is 31.8. The number of para-hydroxylation sites is 1. The number of hydrogen-bond donors (Lipinski definition) is 0. The average molecular weight is 721 g/mol. The zero-order chi connectivity index (χ0) is 36.3. The van der Waals surface area contributed by atoms with E-state index in [4.69, 9.17) is 0 Å². The van der Waals surface area contributed by atoms with E-state index in [1.54, 1.807) is 0 Å². The van der Waals surface area contributed by atoms with Gasteiger partial charge in [-0.3, -0.25) is 0 Å². The molecule has 0 bridgehead atoms. The number of allylic oxidation sites excluding steroid dienone is 4. The van der Waals surface area contributed by atoms with Crippen LogP contribution in [0.1, 0.15) is 12.5 Å². The zero-order valence-corrected chi connectivity index (χ0v) is 31.0. The maximum absolute atomic E-state index is 2.52. The van der Waals surface area contributed by atoms with E-state index < -0.39 is 0 Å². The molecule has 1 atom stereocenters. The topological polar surface area (TPSA) is 8.17 Å². The predicted molar refractivity (Wildman–Crippen MR) is 237 cm³/mol. The highest BCUT2D eigenvalue weighted by Gasteiger charge is 2.22. The van der Waals surface area contributed by atoms with Crippen molar-refractivity contribution in [1.82, 2.24) is 4.57 Å². The van der Waals surface area contributed by atoms with Gasteiger partial charge in [0, 0.05) is 48.7 Å². The molecule has 2 heterocycles. The fraction of sp³-hybridized carbons (Fsp3) is 0.0385. The summed E-state index contributed by atoms with van der Waals surface area (Å²) in [4.78, 5) is 2.47. The molecule has 0 fully saturated rings. The Morgan fingerprint density at radius 3 is 2.02 bits per heavy atom. The molecular weight excluding hydrogens is 685 g/mol. The monoisotopic (exact) mass is 720 g/mol. The van der Waals surface area contributed by atoms with Crippen molar-refractivity contribution in [2.45, 2.75) is 12.5 Å². The van der Waals surface area contributed by atoms with E-state index in [-0.39, 0.29) is 6.04 Å². The normalized spacial score (nSPS) is 14.1. The molecule has 0 aliphatic heterocycles. The fourth-order valence-electron chi connectivity index (χ4n) is 8.80. The van der Waals surface area contributed by atoms with Gasteiger partial charge in [-0.05, 0) is 88.0 Å². The van der Waals surface area contributed by atoms with Crippen molar-refractivity contribution in [2.75, 3.05) is 4.90 Å². The van der Waals surface area contributed by atoms with Gasteiger partial charge in [-0.15, -0.1) is 11.3 Å². The molecule has 260 valence electrons. The molecule has 55 heavy (non-hydrogen) atoms. The third-order valence-electron chi connectivity index (χ3n) is 11.3. The number of fused-ring (bicyclic) bond motifs is 8. The summed E-state index contributed by atoms with van der Waals surface area (Å²) in [6.45, 7) is 0. The van der Waals surface area contributed by atoms with Gasteiger partial charge in [-0.1, -0.05) is 152 Å². The standard InChI is InChI=1S/C52H36N2S/c1-3-14-35(15-4-1)41-19-9-10-20-42(41)37-26-29-39(30-27-37)53(49-25-13-23-45-51-43-21-8-7-16-36(43)28-33-50(51)55-52(45)49)40-31-32-48-46(34-40)44-22-11-12-24-47(44)54(48)38-17-5-2-6-18-38/h1-17,19-34,38H,18H2. The van der Waals surface area contributed by atoms with Crippen molar-refractivity contribution < 1.29 is 0 Å². The molecule has 0 radical (unpaired) electrons. The minimum Gasteiger partial charge on any atom is -0.333 e. The Morgan fingerprint density at radius 2 is 1.20 bits per heavy atom. The molecule has 3 heteroatoms. The van der Waals surface area contributed by atoms with Crippen LogP contribution in [-0.2, 0) is 0 Å². The van der Waals surface area contributed by atoms with Crippen LogP contribution >= 0.6 is 11.3 Å². The average Bonchev–Trinajstić information content (AvgIpc) is 3.81. The number of nitrogens with zero attached hydrogens (tertiary/aromatic N) is 2. The second-order valence-corrected chi connectivity index (χ2v) is 15.5. The van der Waals surface area contributed by atoms with Gasteiger partial charge in [0.15, 0.2) is 0 Å². The molecule has 0 saturated carbocycles. The van der Waals surface area contributed by atoms with Gasteiger partial charge >= 0.3 is 0 Å². The number of hydrogen-bond acceptors (Lipinski definition) is 2. The highest BCUT2D eigenvalue weighted by atomic mass is 32.1. The summed E-state index contributed by atoms with van der Waals surface area (Å²) in [5.74, 6) is 0. The van der Waals surface area contributed by atoms with E-state index >= 15 is 0 Å². The molecule has 1 aliphatic carbocycles. The zero-order valence-electron chi connectivity index (χ0n) is 30.1. The lowest BCUT2D eigenvalue weighted by molar-refractivity contribution is 0.648. The molecule has 8 aromatic carbocycles. The summed E-state index contributed by atoms with van der Waals surface area (Å²) in [5.41, 5.74) is 10.9. The Labute approximate surface area is 324 Å². The Morgan fingerprint density at radius 1 is 0.509 bits per heavy atom. The van der Waals surface area contributed by atoms with Crippen molar-refractivity contribution in [3.05, 3.63) is 200 Å². The van der Waals surface area contributed by atoms with Crippen molar-refractivity contribution in [2.24, 2.45) is 0 Å². The summed E-state index contributed by atoms with van der Waals surface area (Å²) >= 11 is 1.89. The Balaban J connectivity index is 1.13. The quantitative estimate of drug-likeness (QED) is 0.166. The summed E-state index contributed by atoms with van der Waals surface area (Å²) in [7, 11) is 0. The van der Waals surface area contributed by atoms with Crippen LogP contribution < -0.4 is 4.90 Å². The van der Waals surface area contributed by atoms with Crippen molar-refractivity contribution in [3.63, 3.8) is 0 Å². The molecule has 0 N–H and O–H groups in total. The van der Waals surface area contributed by atoms with Crippen molar-refractivity contribution in [3.8, 4) is 22.3 Å². The van der Waals surface area contributed by atoms with Crippen LogP contribution in [0.2, 0.25) is 0 Å². The lowest BCUT2D eigenvalue weighted by Gasteiger charge is -2.27. The van der Waals surface area contributed by atoms with Crippen LogP contribution in [0.15, 0.2) is 200 Å². The van der Waals surface area contributed by atoms with E-state index in [2.05, 4.69) is 210 Å². The van der Waals surface area contributed by atoms with Gasteiger partial charge in [0.05, 0.1) is 16.4 Å². The maximum atomic E-state index is 2.52. The summed E-state index contributed by atoms with van der Waals surface area (Å²) in [5, 5.41) is 7.75.